The number of fused-ring (bicyclic) bond motifs is 1. The molecule has 7 nitrogen and oxygen atoms in total. The highest BCUT2D eigenvalue weighted by Gasteiger charge is 2.40. The van der Waals surface area contributed by atoms with E-state index in [1.807, 2.05) is 34.1 Å². The number of piperidine rings is 1. The summed E-state index contributed by atoms with van der Waals surface area (Å²) in [4.78, 5) is 30.1. The van der Waals surface area contributed by atoms with Crippen LogP contribution in [0.5, 0.6) is 5.75 Å². The molecule has 2 amide bonds. The molecule has 2 aliphatic heterocycles. The fraction of sp³-hybridized carbons (Fsp3) is 0.370. The van der Waals surface area contributed by atoms with Crippen molar-refractivity contribution in [2.45, 2.75) is 32.2 Å². The Hall–Kier alpha value is -3.32. The number of halogens is 1. The van der Waals surface area contributed by atoms with Gasteiger partial charge in [0.15, 0.2) is 0 Å². The van der Waals surface area contributed by atoms with E-state index in [1.165, 1.54) is 11.1 Å². The van der Waals surface area contributed by atoms with E-state index in [2.05, 4.69) is 28.4 Å². The van der Waals surface area contributed by atoms with Gasteiger partial charge in [0.2, 0.25) is 5.91 Å². The Labute approximate surface area is 210 Å². The van der Waals surface area contributed by atoms with Crippen molar-refractivity contribution >= 4 is 23.4 Å². The van der Waals surface area contributed by atoms with Gasteiger partial charge in [0.25, 0.3) is 5.91 Å². The van der Waals surface area contributed by atoms with Crippen LogP contribution in [0.1, 0.15) is 40.9 Å². The maximum absolute atomic E-state index is 13.5. The molecule has 2 aliphatic rings. The summed E-state index contributed by atoms with van der Waals surface area (Å²) in [6.45, 7) is 2.89. The number of hydrogen-bond acceptors (Lipinski definition) is 4. The molecule has 3 heterocycles. The third kappa shape index (κ3) is 5.35. The Kier molecular flexibility index (Phi) is 6.77. The van der Waals surface area contributed by atoms with Gasteiger partial charge in [0.05, 0.1) is 6.61 Å². The van der Waals surface area contributed by atoms with E-state index in [0.717, 1.165) is 13.0 Å². The number of rotatable bonds is 6. The molecule has 1 saturated heterocycles. The van der Waals surface area contributed by atoms with Gasteiger partial charge in [-0.3, -0.25) is 14.7 Å². The van der Waals surface area contributed by atoms with Crippen molar-refractivity contribution < 1.29 is 14.3 Å². The third-order valence-electron chi connectivity index (χ3n) is 7.19. The van der Waals surface area contributed by atoms with Crippen molar-refractivity contribution in [1.29, 1.82) is 0 Å². The minimum absolute atomic E-state index is 0.0641. The number of nitrogens with zero attached hydrogens (tertiary/aromatic N) is 3. The van der Waals surface area contributed by atoms with Gasteiger partial charge in [0, 0.05) is 49.2 Å². The van der Waals surface area contributed by atoms with E-state index in [0.29, 0.717) is 62.0 Å². The van der Waals surface area contributed by atoms with Gasteiger partial charge in [-0.15, -0.1) is 0 Å². The topological polar surface area (TPSA) is 78.5 Å². The average molecular weight is 493 g/mol. The molecule has 182 valence electrons. The molecule has 3 aromatic rings. The molecule has 1 aromatic heterocycles. The van der Waals surface area contributed by atoms with E-state index in [4.69, 9.17) is 16.3 Å². The molecule has 35 heavy (non-hydrogen) atoms. The number of hydrogen-bond donors (Lipinski definition) is 1. The zero-order valence-corrected chi connectivity index (χ0v) is 20.3. The summed E-state index contributed by atoms with van der Waals surface area (Å²) in [6.07, 6.45) is 4.21. The number of carbonyl (C=O) groups is 2. The Morgan fingerprint density at radius 3 is 2.54 bits per heavy atom. The second kappa shape index (κ2) is 10.1. The highest BCUT2D eigenvalue weighted by molar-refractivity contribution is 6.30. The molecular formula is C27H29ClN4O3. The van der Waals surface area contributed by atoms with Crippen LogP contribution in [0.2, 0.25) is 5.02 Å². The van der Waals surface area contributed by atoms with Crippen LogP contribution in [-0.4, -0.2) is 58.1 Å². The van der Waals surface area contributed by atoms with E-state index >= 15 is 0 Å². The average Bonchev–Trinajstić information content (AvgIpc) is 3.43. The molecule has 1 fully saturated rings. The van der Waals surface area contributed by atoms with Crippen LogP contribution >= 0.6 is 11.6 Å². The summed E-state index contributed by atoms with van der Waals surface area (Å²) in [5.74, 6) is 0.764. The predicted octanol–water partition coefficient (Wildman–Crippen LogP) is 4.34. The van der Waals surface area contributed by atoms with Crippen molar-refractivity contribution in [1.82, 2.24) is 20.0 Å². The molecule has 0 spiro atoms. The maximum Gasteiger partial charge on any atom is 0.271 e. The number of likely N-dealkylation sites (tertiary alicyclic amines) is 1. The van der Waals surface area contributed by atoms with E-state index in [-0.39, 0.29) is 17.2 Å². The number of nitrogens with one attached hydrogen (secondary N) is 1. The Morgan fingerprint density at radius 2 is 1.80 bits per heavy atom. The van der Waals surface area contributed by atoms with Gasteiger partial charge in [-0.1, -0.05) is 41.9 Å². The lowest BCUT2D eigenvalue weighted by Gasteiger charge is -2.42. The maximum atomic E-state index is 13.5. The Morgan fingerprint density at radius 1 is 1.00 bits per heavy atom. The van der Waals surface area contributed by atoms with E-state index < -0.39 is 0 Å². The lowest BCUT2D eigenvalue weighted by molar-refractivity contribution is -0.136. The lowest BCUT2D eigenvalue weighted by atomic mass is 9.75. The summed E-state index contributed by atoms with van der Waals surface area (Å²) in [7, 11) is 0. The minimum Gasteiger partial charge on any atom is -0.493 e. The quantitative estimate of drug-likeness (QED) is 0.555. The molecule has 0 saturated carbocycles. The van der Waals surface area contributed by atoms with Crippen LogP contribution in [-0.2, 0) is 17.8 Å². The predicted molar refractivity (Wildman–Crippen MR) is 133 cm³/mol. The number of benzene rings is 2. The highest BCUT2D eigenvalue weighted by atomic mass is 35.5. The summed E-state index contributed by atoms with van der Waals surface area (Å²) in [5, 5.41) is 7.25. The minimum atomic E-state index is -0.360. The zero-order valence-electron chi connectivity index (χ0n) is 19.6. The first-order valence-electron chi connectivity index (χ1n) is 12.0. The first kappa shape index (κ1) is 23.4. The summed E-state index contributed by atoms with van der Waals surface area (Å²) < 4.78 is 6.17. The SMILES string of the molecule is O=C(CC1(COc2cccc(Cl)c2)CCN(C(=O)c2ccn[nH]2)CC1)N1CCc2ccccc2C1. The monoisotopic (exact) mass is 492 g/mol. The number of aromatic nitrogens is 2. The summed E-state index contributed by atoms with van der Waals surface area (Å²) in [6, 6.07) is 17.3. The molecule has 1 N–H and O–H groups in total. The van der Waals surface area contributed by atoms with Crippen LogP contribution in [0, 0.1) is 5.41 Å². The molecule has 8 heteroatoms. The van der Waals surface area contributed by atoms with Crippen molar-refractivity contribution in [3.63, 3.8) is 0 Å². The number of H-pyrrole nitrogens is 1. The first-order chi connectivity index (χ1) is 17.0. The normalized spacial score (nSPS) is 17.1. The highest BCUT2D eigenvalue weighted by Crippen LogP contribution is 2.37. The lowest BCUT2D eigenvalue weighted by Crippen LogP contribution is -2.48. The largest absolute Gasteiger partial charge is 0.493 e. The molecule has 0 atom stereocenters. The molecule has 5 rings (SSSR count). The number of aromatic amines is 1. The molecule has 0 aliphatic carbocycles. The first-order valence-corrected chi connectivity index (χ1v) is 12.4. The van der Waals surface area contributed by atoms with Crippen molar-refractivity contribution in [2.24, 2.45) is 5.41 Å². The molecule has 0 bridgehead atoms. The molecule has 0 unspecified atom stereocenters. The number of amides is 2. The van der Waals surface area contributed by atoms with Gasteiger partial charge in [-0.2, -0.15) is 5.10 Å². The zero-order chi connectivity index (χ0) is 24.3. The van der Waals surface area contributed by atoms with E-state index in [1.54, 1.807) is 18.3 Å². The number of ether oxygens (including phenoxy) is 1. The molecule has 0 radical (unpaired) electrons. The van der Waals surface area contributed by atoms with E-state index in [9.17, 15) is 9.59 Å². The fourth-order valence-corrected chi connectivity index (χ4v) is 5.22. The van der Waals surface area contributed by atoms with Gasteiger partial charge in [-0.05, 0) is 54.7 Å². The van der Waals surface area contributed by atoms with Crippen LogP contribution in [0.15, 0.2) is 60.8 Å². The fourth-order valence-electron chi connectivity index (χ4n) is 5.04. The van der Waals surface area contributed by atoms with Crippen LogP contribution < -0.4 is 4.74 Å². The number of carbonyl (C=O) groups excluding carboxylic acids is 2. The van der Waals surface area contributed by atoms with Crippen LogP contribution in [0.25, 0.3) is 0 Å². The van der Waals surface area contributed by atoms with Gasteiger partial charge in [0.1, 0.15) is 11.4 Å². The van der Waals surface area contributed by atoms with Gasteiger partial charge >= 0.3 is 0 Å². The van der Waals surface area contributed by atoms with Gasteiger partial charge in [-0.25, -0.2) is 0 Å². The van der Waals surface area contributed by atoms with Gasteiger partial charge < -0.3 is 14.5 Å². The smallest absolute Gasteiger partial charge is 0.271 e. The van der Waals surface area contributed by atoms with Crippen LogP contribution in [0.3, 0.4) is 0 Å². The molecule has 2 aromatic carbocycles. The second-order valence-electron chi connectivity index (χ2n) is 9.52. The Balaban J connectivity index is 1.29. The summed E-state index contributed by atoms with van der Waals surface area (Å²) >= 11 is 6.14. The van der Waals surface area contributed by atoms with Crippen molar-refractivity contribution in [2.75, 3.05) is 26.2 Å². The second-order valence-corrected chi connectivity index (χ2v) is 9.96. The third-order valence-corrected chi connectivity index (χ3v) is 7.43. The standard InChI is InChI=1S/C27H29ClN4O3/c28-22-6-3-7-23(16-22)35-19-27(10-14-31(15-11-27)26(34)24-8-12-29-30-24)17-25(33)32-13-9-20-4-1-2-5-21(20)18-32/h1-8,12,16H,9-11,13-15,17-19H2,(H,29,30). The van der Waals surface area contributed by atoms with Crippen molar-refractivity contribution in [3.05, 3.63) is 82.6 Å². The Bertz CT molecular complexity index is 1190. The van der Waals surface area contributed by atoms with Crippen molar-refractivity contribution in [3.8, 4) is 5.75 Å². The van der Waals surface area contributed by atoms with Crippen LogP contribution in [0.4, 0.5) is 0 Å². The molecular weight excluding hydrogens is 464 g/mol. The summed E-state index contributed by atoms with van der Waals surface area (Å²) in [5.41, 5.74) is 2.66.